The molecule has 6 nitrogen and oxygen atoms in total. The van der Waals surface area contributed by atoms with Gasteiger partial charge in [-0.1, -0.05) is 0 Å². The zero-order valence-corrected chi connectivity index (χ0v) is 14.4. The molecule has 2 N–H and O–H groups in total. The van der Waals surface area contributed by atoms with Crippen molar-refractivity contribution in [2.45, 2.75) is 45.4 Å². The van der Waals surface area contributed by atoms with Gasteiger partial charge in [0.05, 0.1) is 28.0 Å². The third-order valence-electron chi connectivity index (χ3n) is 4.41. The van der Waals surface area contributed by atoms with Crippen LogP contribution < -0.4 is 10.8 Å². The van der Waals surface area contributed by atoms with Crippen molar-refractivity contribution in [3.05, 3.63) is 23.2 Å². The molecule has 0 spiro atoms. The second-order valence-electron chi connectivity index (χ2n) is 6.57. The largest absolute Gasteiger partial charge is 0.496 e. The minimum Gasteiger partial charge on any atom is -0.465 e. The molecule has 0 radical (unpaired) electrons. The van der Waals surface area contributed by atoms with Crippen LogP contribution in [0.25, 0.3) is 10.2 Å². The lowest BCUT2D eigenvalue weighted by Gasteiger charge is -2.32. The van der Waals surface area contributed by atoms with Gasteiger partial charge in [0.2, 0.25) is 0 Å². The Kier molecular flexibility index (Phi) is 3.86. The Balaban J connectivity index is 1.94. The third-order valence-corrected chi connectivity index (χ3v) is 5.59. The van der Waals surface area contributed by atoms with E-state index >= 15 is 0 Å². The van der Waals surface area contributed by atoms with Gasteiger partial charge in [0.15, 0.2) is 0 Å². The summed E-state index contributed by atoms with van der Waals surface area (Å²) >= 11 is 1.50. The van der Waals surface area contributed by atoms with Crippen molar-refractivity contribution in [3.63, 3.8) is 0 Å². The van der Waals surface area contributed by atoms with Crippen LogP contribution in [0.2, 0.25) is 0 Å². The molecule has 1 aliphatic rings. The van der Waals surface area contributed by atoms with E-state index in [2.05, 4.69) is 10.3 Å². The first kappa shape index (κ1) is 16.2. The van der Waals surface area contributed by atoms with Gasteiger partial charge in [-0.25, -0.2) is 4.79 Å². The molecule has 0 atom stereocenters. The zero-order valence-electron chi connectivity index (χ0n) is 13.5. The van der Waals surface area contributed by atoms with Gasteiger partial charge in [-0.05, 0) is 39.8 Å². The van der Waals surface area contributed by atoms with Crippen LogP contribution in [0, 0.1) is 0 Å². The van der Waals surface area contributed by atoms with Gasteiger partial charge in [0.25, 0.3) is 0 Å². The molecule has 2 aromatic rings. The van der Waals surface area contributed by atoms with Gasteiger partial charge in [0, 0.05) is 16.5 Å². The molecule has 0 aromatic carbocycles. The van der Waals surface area contributed by atoms with Gasteiger partial charge >= 0.3 is 13.2 Å². The maximum Gasteiger partial charge on any atom is 0.496 e. The number of carboxylic acid groups (broad SMARTS) is 1. The number of hydrogen-bond acceptors (Lipinski definition) is 5. The first-order chi connectivity index (χ1) is 10.7. The summed E-state index contributed by atoms with van der Waals surface area (Å²) < 4.78 is 13.2. The van der Waals surface area contributed by atoms with Gasteiger partial charge in [-0.2, -0.15) is 0 Å². The number of nitrogens with zero attached hydrogens (tertiary/aromatic N) is 1. The third kappa shape index (κ3) is 2.94. The average molecular weight is 334 g/mol. The molecule has 2 aromatic heterocycles. The number of thiophene rings is 1. The first-order valence-electron chi connectivity index (χ1n) is 7.39. The van der Waals surface area contributed by atoms with Crippen LogP contribution in [0.4, 0.5) is 4.79 Å². The summed E-state index contributed by atoms with van der Waals surface area (Å²) in [5, 5.41) is 11.1. The highest BCUT2D eigenvalue weighted by atomic mass is 32.1. The predicted molar refractivity (Wildman–Crippen MR) is 90.2 cm³/mol. The highest BCUT2D eigenvalue weighted by Gasteiger charge is 2.52. The molecule has 8 heteroatoms. The molecule has 23 heavy (non-hydrogen) atoms. The van der Waals surface area contributed by atoms with Crippen molar-refractivity contribution < 1.29 is 19.2 Å². The molecular weight excluding hydrogens is 315 g/mol. The maximum absolute atomic E-state index is 10.6. The van der Waals surface area contributed by atoms with E-state index in [9.17, 15) is 4.79 Å². The monoisotopic (exact) mass is 334 g/mol. The van der Waals surface area contributed by atoms with Gasteiger partial charge in [-0.15, -0.1) is 11.3 Å². The van der Waals surface area contributed by atoms with E-state index in [4.69, 9.17) is 14.4 Å². The lowest BCUT2D eigenvalue weighted by Crippen LogP contribution is -2.41. The summed E-state index contributed by atoms with van der Waals surface area (Å²) in [5.74, 6) is 0. The molecule has 0 aliphatic carbocycles. The zero-order chi connectivity index (χ0) is 16.8. The minimum atomic E-state index is -1.04. The van der Waals surface area contributed by atoms with Crippen LogP contribution in [0.3, 0.4) is 0 Å². The summed E-state index contributed by atoms with van der Waals surface area (Å²) in [7, 11) is -0.454. The Morgan fingerprint density at radius 1 is 1.35 bits per heavy atom. The number of pyridine rings is 1. The number of hydrogen-bond donors (Lipinski definition) is 2. The average Bonchev–Trinajstić information content (AvgIpc) is 2.94. The van der Waals surface area contributed by atoms with Crippen molar-refractivity contribution in [1.29, 1.82) is 0 Å². The molecule has 1 saturated heterocycles. The fraction of sp³-hybridized carbons (Fsp3) is 0.467. The lowest BCUT2D eigenvalue weighted by molar-refractivity contribution is 0.00578. The molecule has 0 unspecified atom stereocenters. The second kappa shape index (κ2) is 5.47. The fourth-order valence-corrected chi connectivity index (χ4v) is 3.49. The molecule has 122 valence electrons. The highest BCUT2D eigenvalue weighted by Crippen LogP contribution is 2.37. The van der Waals surface area contributed by atoms with E-state index in [1.807, 2.05) is 39.8 Å². The summed E-state index contributed by atoms with van der Waals surface area (Å²) in [4.78, 5) is 15.9. The van der Waals surface area contributed by atoms with E-state index in [1.54, 1.807) is 6.20 Å². The van der Waals surface area contributed by atoms with Crippen molar-refractivity contribution in [3.8, 4) is 0 Å². The molecular formula is C15H19BN2O4S. The van der Waals surface area contributed by atoms with Crippen LogP contribution in [0.15, 0.2) is 18.3 Å². The first-order valence-corrected chi connectivity index (χ1v) is 8.21. The number of nitrogens with one attached hydrogen (secondary N) is 1. The van der Waals surface area contributed by atoms with Crippen LogP contribution in [-0.2, 0) is 15.9 Å². The topological polar surface area (TPSA) is 80.7 Å². The van der Waals surface area contributed by atoms with Gasteiger partial charge in [-0.3, -0.25) is 4.98 Å². The van der Waals surface area contributed by atoms with Crippen molar-refractivity contribution >= 4 is 40.2 Å². The standard InChI is InChI=1S/C15H19BN2O4S/c1-14(2)15(3,4)22-16(21-14)10-5-6-17-11-7-9(23-12(10)11)8-18-13(19)20/h5-7,18H,8H2,1-4H3,(H,19,20). The van der Waals surface area contributed by atoms with E-state index in [-0.39, 0.29) is 6.54 Å². The van der Waals surface area contributed by atoms with Crippen molar-refractivity contribution in [1.82, 2.24) is 10.3 Å². The number of aromatic nitrogens is 1. The van der Waals surface area contributed by atoms with Crippen molar-refractivity contribution in [2.75, 3.05) is 0 Å². The van der Waals surface area contributed by atoms with Crippen LogP contribution in [0.5, 0.6) is 0 Å². The van der Waals surface area contributed by atoms with E-state index in [0.717, 1.165) is 20.6 Å². The Morgan fingerprint density at radius 2 is 2.00 bits per heavy atom. The Hall–Kier alpha value is -1.64. The molecule has 1 fully saturated rings. The maximum atomic E-state index is 10.6. The molecule has 0 saturated carbocycles. The minimum absolute atomic E-state index is 0.263. The molecule has 1 aliphatic heterocycles. The molecule has 3 rings (SSSR count). The van der Waals surface area contributed by atoms with E-state index in [1.165, 1.54) is 11.3 Å². The SMILES string of the molecule is CC1(C)OB(c2ccnc3cc(CNC(=O)O)sc23)OC1(C)C. The smallest absolute Gasteiger partial charge is 0.465 e. The number of rotatable bonds is 3. The molecule has 0 bridgehead atoms. The summed E-state index contributed by atoms with van der Waals surface area (Å²) in [5.41, 5.74) is 0.945. The normalized spacial score (nSPS) is 19.2. The lowest BCUT2D eigenvalue weighted by atomic mass is 9.79. The van der Waals surface area contributed by atoms with Gasteiger partial charge < -0.3 is 19.7 Å². The number of amides is 1. The summed E-state index contributed by atoms with van der Waals surface area (Å²) in [6.07, 6.45) is 0.686. The van der Waals surface area contributed by atoms with E-state index in [0.29, 0.717) is 0 Å². The van der Waals surface area contributed by atoms with Gasteiger partial charge in [0.1, 0.15) is 0 Å². The Bertz CT molecular complexity index is 743. The fourth-order valence-electron chi connectivity index (χ4n) is 2.41. The summed E-state index contributed by atoms with van der Waals surface area (Å²) in [6.45, 7) is 8.33. The Labute approximate surface area is 139 Å². The molecule has 3 heterocycles. The van der Waals surface area contributed by atoms with Crippen LogP contribution in [0.1, 0.15) is 32.6 Å². The number of fused-ring (bicyclic) bond motifs is 1. The van der Waals surface area contributed by atoms with Crippen LogP contribution >= 0.6 is 11.3 Å². The summed E-state index contributed by atoms with van der Waals surface area (Å²) in [6, 6.07) is 3.79. The Morgan fingerprint density at radius 3 is 2.61 bits per heavy atom. The molecule has 1 amide bonds. The second-order valence-corrected chi connectivity index (χ2v) is 7.71. The quantitative estimate of drug-likeness (QED) is 0.843. The van der Waals surface area contributed by atoms with Crippen molar-refractivity contribution in [2.24, 2.45) is 0 Å². The highest BCUT2D eigenvalue weighted by molar-refractivity contribution is 7.20. The number of carbonyl (C=O) groups is 1. The van der Waals surface area contributed by atoms with Crippen LogP contribution in [-0.4, -0.2) is 34.5 Å². The predicted octanol–water partition coefficient (Wildman–Crippen LogP) is 2.36. The van der Waals surface area contributed by atoms with E-state index < -0.39 is 24.4 Å².